The van der Waals surface area contributed by atoms with Crippen molar-refractivity contribution in [3.05, 3.63) is 59.2 Å². The molecule has 0 aliphatic heterocycles. The molecule has 0 unspecified atom stereocenters. The number of aryl methyl sites for hydroxylation is 2. The van der Waals surface area contributed by atoms with E-state index in [1.54, 1.807) is 23.1 Å². The van der Waals surface area contributed by atoms with E-state index in [1.165, 1.54) is 11.8 Å². The molecule has 0 fully saturated rings. The van der Waals surface area contributed by atoms with Gasteiger partial charge in [-0.2, -0.15) is 0 Å². The van der Waals surface area contributed by atoms with Crippen LogP contribution in [0.1, 0.15) is 27.3 Å². The highest BCUT2D eigenvalue weighted by Crippen LogP contribution is 2.23. The average Bonchev–Trinajstić information content (AvgIpc) is 3.00. The van der Waals surface area contributed by atoms with Gasteiger partial charge in [-0.3, -0.25) is 0 Å². The van der Waals surface area contributed by atoms with Crippen molar-refractivity contribution < 1.29 is 9.90 Å². The Labute approximate surface area is 142 Å². The second-order valence-corrected chi connectivity index (χ2v) is 6.13. The van der Waals surface area contributed by atoms with Crippen molar-refractivity contribution in [3.8, 4) is 5.69 Å². The van der Waals surface area contributed by atoms with Gasteiger partial charge >= 0.3 is 5.97 Å². The van der Waals surface area contributed by atoms with Crippen LogP contribution < -0.4 is 0 Å². The van der Waals surface area contributed by atoms with Crippen molar-refractivity contribution in [2.24, 2.45) is 0 Å². The zero-order valence-electron chi connectivity index (χ0n) is 13.2. The second kappa shape index (κ2) is 6.79. The molecule has 0 saturated heterocycles. The number of thioether (sulfide) groups is 1. The van der Waals surface area contributed by atoms with Crippen LogP contribution in [-0.4, -0.2) is 36.0 Å². The largest absolute Gasteiger partial charge is 0.476 e. The van der Waals surface area contributed by atoms with Crippen LogP contribution >= 0.6 is 11.8 Å². The van der Waals surface area contributed by atoms with E-state index in [-0.39, 0.29) is 5.69 Å². The molecule has 0 saturated carbocycles. The van der Waals surface area contributed by atoms with E-state index in [1.807, 2.05) is 32.0 Å². The Bertz CT molecular complexity index is 879. The molecule has 7 nitrogen and oxygen atoms in total. The first-order chi connectivity index (χ1) is 11.6. The minimum absolute atomic E-state index is 0.0586. The van der Waals surface area contributed by atoms with Crippen molar-refractivity contribution >= 4 is 17.7 Å². The summed E-state index contributed by atoms with van der Waals surface area (Å²) in [6, 6.07) is 7.57. The zero-order valence-corrected chi connectivity index (χ0v) is 14.0. The number of aromatic carboxylic acids is 1. The molecule has 122 valence electrons. The predicted octanol–water partition coefficient (Wildman–Crippen LogP) is 2.66. The maximum absolute atomic E-state index is 11.4. The number of nitrogens with zero attached hydrogens (tertiary/aromatic N) is 5. The first kappa shape index (κ1) is 16.1. The fourth-order valence-corrected chi connectivity index (χ4v) is 2.95. The monoisotopic (exact) mass is 341 g/mol. The molecule has 1 aromatic carbocycles. The van der Waals surface area contributed by atoms with Gasteiger partial charge in [0.05, 0.1) is 11.4 Å². The van der Waals surface area contributed by atoms with Crippen molar-refractivity contribution in [2.45, 2.75) is 24.8 Å². The van der Waals surface area contributed by atoms with E-state index in [0.717, 1.165) is 16.8 Å². The Morgan fingerprint density at radius 2 is 1.96 bits per heavy atom. The van der Waals surface area contributed by atoms with E-state index in [9.17, 15) is 9.90 Å². The molecule has 2 heterocycles. The fourth-order valence-electron chi connectivity index (χ4n) is 2.15. The summed E-state index contributed by atoms with van der Waals surface area (Å²) in [4.78, 5) is 19.7. The van der Waals surface area contributed by atoms with Crippen LogP contribution in [0.4, 0.5) is 0 Å². The van der Waals surface area contributed by atoms with Crippen LogP contribution in [0.3, 0.4) is 0 Å². The SMILES string of the molecule is Cc1ccc(-n2nnc(C(=O)O)c2CSc2ncccn2)cc1C. The molecule has 2 aromatic heterocycles. The molecule has 1 N–H and O–H groups in total. The third-order valence-electron chi connectivity index (χ3n) is 3.58. The first-order valence-electron chi connectivity index (χ1n) is 7.21. The summed E-state index contributed by atoms with van der Waals surface area (Å²) in [7, 11) is 0. The van der Waals surface area contributed by atoms with Crippen LogP contribution in [0.5, 0.6) is 0 Å². The number of carbonyl (C=O) groups is 1. The number of hydrogen-bond donors (Lipinski definition) is 1. The molecule has 8 heteroatoms. The Morgan fingerprint density at radius 1 is 1.21 bits per heavy atom. The minimum Gasteiger partial charge on any atom is -0.476 e. The van der Waals surface area contributed by atoms with Gasteiger partial charge in [-0.15, -0.1) is 5.10 Å². The molecule has 3 aromatic rings. The molecule has 24 heavy (non-hydrogen) atoms. The maximum Gasteiger partial charge on any atom is 0.358 e. The van der Waals surface area contributed by atoms with Gasteiger partial charge < -0.3 is 5.11 Å². The number of rotatable bonds is 5. The normalized spacial score (nSPS) is 10.8. The summed E-state index contributed by atoms with van der Waals surface area (Å²) in [6.45, 7) is 4.02. The number of carboxylic acids is 1. The Hall–Kier alpha value is -2.74. The summed E-state index contributed by atoms with van der Waals surface area (Å²) in [5.74, 6) is -0.749. The second-order valence-electron chi connectivity index (χ2n) is 5.19. The molecule has 0 atom stereocenters. The maximum atomic E-state index is 11.4. The summed E-state index contributed by atoms with van der Waals surface area (Å²) in [5, 5.41) is 17.8. The van der Waals surface area contributed by atoms with Gasteiger partial charge in [0.1, 0.15) is 0 Å². The van der Waals surface area contributed by atoms with Crippen molar-refractivity contribution in [2.75, 3.05) is 0 Å². The number of carboxylic acid groups (broad SMARTS) is 1. The van der Waals surface area contributed by atoms with Gasteiger partial charge in [0.15, 0.2) is 10.9 Å². The Kier molecular flexibility index (Phi) is 4.57. The zero-order chi connectivity index (χ0) is 17.1. The predicted molar refractivity (Wildman–Crippen MR) is 89.4 cm³/mol. The summed E-state index contributed by atoms with van der Waals surface area (Å²) in [6.07, 6.45) is 3.29. The smallest absolute Gasteiger partial charge is 0.358 e. The third-order valence-corrected chi connectivity index (χ3v) is 4.47. The number of hydrogen-bond acceptors (Lipinski definition) is 6. The van der Waals surface area contributed by atoms with E-state index < -0.39 is 5.97 Å². The highest BCUT2D eigenvalue weighted by Gasteiger charge is 2.20. The molecular weight excluding hydrogens is 326 g/mol. The molecule has 0 aliphatic rings. The first-order valence-corrected chi connectivity index (χ1v) is 8.20. The summed E-state index contributed by atoms with van der Waals surface area (Å²) < 4.78 is 1.56. The van der Waals surface area contributed by atoms with Crippen molar-refractivity contribution in [1.82, 2.24) is 25.0 Å². The summed E-state index contributed by atoms with van der Waals surface area (Å²) >= 11 is 1.34. The van der Waals surface area contributed by atoms with E-state index in [2.05, 4.69) is 20.3 Å². The topological polar surface area (TPSA) is 93.8 Å². The van der Waals surface area contributed by atoms with Gasteiger partial charge in [0.2, 0.25) is 0 Å². The number of aromatic nitrogens is 5. The Morgan fingerprint density at radius 3 is 2.62 bits per heavy atom. The number of benzene rings is 1. The molecule has 0 spiro atoms. The summed E-state index contributed by atoms with van der Waals surface area (Å²) in [5.41, 5.74) is 3.48. The van der Waals surface area contributed by atoms with E-state index in [4.69, 9.17) is 0 Å². The average molecular weight is 341 g/mol. The van der Waals surface area contributed by atoms with Crippen molar-refractivity contribution in [3.63, 3.8) is 0 Å². The molecular formula is C16H15N5O2S. The quantitative estimate of drug-likeness (QED) is 0.563. The Balaban J connectivity index is 1.97. The van der Waals surface area contributed by atoms with Gasteiger partial charge in [-0.25, -0.2) is 19.4 Å². The van der Waals surface area contributed by atoms with E-state index >= 15 is 0 Å². The lowest BCUT2D eigenvalue weighted by atomic mass is 10.1. The fraction of sp³-hybridized carbons (Fsp3) is 0.188. The third kappa shape index (κ3) is 3.28. The molecule has 3 rings (SSSR count). The van der Waals surface area contributed by atoms with Crippen LogP contribution in [0.15, 0.2) is 41.8 Å². The highest BCUT2D eigenvalue weighted by molar-refractivity contribution is 7.98. The van der Waals surface area contributed by atoms with E-state index in [0.29, 0.717) is 16.6 Å². The lowest BCUT2D eigenvalue weighted by Gasteiger charge is -2.08. The van der Waals surface area contributed by atoms with Crippen LogP contribution in [0, 0.1) is 13.8 Å². The van der Waals surface area contributed by atoms with Crippen LogP contribution in [-0.2, 0) is 5.75 Å². The molecule has 0 amide bonds. The molecule has 0 radical (unpaired) electrons. The van der Waals surface area contributed by atoms with Crippen molar-refractivity contribution in [1.29, 1.82) is 0 Å². The standard InChI is InChI=1S/C16H15N5O2S/c1-10-4-5-12(8-11(10)2)21-13(14(15(22)23)19-20-21)9-24-16-17-6-3-7-18-16/h3-8H,9H2,1-2H3,(H,22,23). The van der Waals surface area contributed by atoms with Gasteiger partial charge in [-0.05, 0) is 43.2 Å². The molecule has 0 bridgehead atoms. The minimum atomic E-state index is -1.10. The van der Waals surface area contributed by atoms with Crippen LogP contribution in [0.25, 0.3) is 5.69 Å². The lowest BCUT2D eigenvalue weighted by molar-refractivity contribution is 0.0689. The lowest BCUT2D eigenvalue weighted by Crippen LogP contribution is -2.06. The highest BCUT2D eigenvalue weighted by atomic mass is 32.2. The molecule has 0 aliphatic carbocycles. The van der Waals surface area contributed by atoms with Gasteiger partial charge in [0.25, 0.3) is 0 Å². The van der Waals surface area contributed by atoms with Gasteiger partial charge in [0, 0.05) is 18.1 Å². The van der Waals surface area contributed by atoms with Gasteiger partial charge in [-0.1, -0.05) is 23.0 Å². The van der Waals surface area contributed by atoms with Crippen LogP contribution in [0.2, 0.25) is 0 Å².